The number of ether oxygens (including phenoxy) is 1. The van der Waals surface area contributed by atoms with Crippen LogP contribution in [0, 0.1) is 25.6 Å². The lowest BCUT2D eigenvalue weighted by atomic mass is 9.94. The summed E-state index contributed by atoms with van der Waals surface area (Å²) in [6.07, 6.45) is 2.45. The topological polar surface area (TPSA) is 55.2 Å². The van der Waals surface area contributed by atoms with Crippen LogP contribution >= 0.6 is 0 Å². The summed E-state index contributed by atoms with van der Waals surface area (Å²) in [6.45, 7) is 4.15. The van der Waals surface area contributed by atoms with E-state index in [-0.39, 0.29) is 23.8 Å². The third-order valence-corrected chi connectivity index (χ3v) is 4.39. The van der Waals surface area contributed by atoms with Crippen molar-refractivity contribution in [1.29, 1.82) is 0 Å². The number of aliphatic hydroxyl groups is 1. The summed E-state index contributed by atoms with van der Waals surface area (Å²) < 4.78 is 19.4. The minimum absolute atomic E-state index is 0.0727. The van der Waals surface area contributed by atoms with Crippen molar-refractivity contribution in [3.8, 4) is 5.75 Å². The highest BCUT2D eigenvalue weighted by Crippen LogP contribution is 2.54. The molecule has 1 aromatic carbocycles. The molecule has 0 spiro atoms. The zero-order valence-electron chi connectivity index (χ0n) is 12.7. The van der Waals surface area contributed by atoms with Crippen LogP contribution < -0.4 is 4.74 Å². The number of aromatic nitrogens is 2. The number of aryl methyl sites for hydroxylation is 2. The Morgan fingerprint density at radius 1 is 1.41 bits per heavy atom. The highest BCUT2D eigenvalue weighted by Gasteiger charge is 2.55. The Labute approximate surface area is 129 Å². The minimum atomic E-state index is -0.325. The lowest BCUT2D eigenvalue weighted by molar-refractivity contribution is 0.224. The standard InChI is InChI=1S/C17H19FN2O2/c1-11-16(8-19-12(2)20-11)22-10-17(7-14(17)9-21)13-4-3-5-15(18)6-13/h3-6,8,14,21H,7,9-10H2,1-2H3. The van der Waals surface area contributed by atoms with Crippen LogP contribution in [0.5, 0.6) is 5.75 Å². The maximum atomic E-state index is 13.5. The minimum Gasteiger partial charge on any atom is -0.489 e. The van der Waals surface area contributed by atoms with Gasteiger partial charge in [0.05, 0.1) is 18.5 Å². The first kappa shape index (κ1) is 14.9. The van der Waals surface area contributed by atoms with Gasteiger partial charge in [-0.3, -0.25) is 0 Å². The van der Waals surface area contributed by atoms with E-state index in [1.54, 1.807) is 12.3 Å². The first-order chi connectivity index (χ1) is 10.5. The summed E-state index contributed by atoms with van der Waals surface area (Å²) in [6, 6.07) is 6.53. The summed E-state index contributed by atoms with van der Waals surface area (Å²) in [5, 5.41) is 9.49. The van der Waals surface area contributed by atoms with Crippen LogP contribution in [0.2, 0.25) is 0 Å². The molecule has 1 saturated carbocycles. The van der Waals surface area contributed by atoms with Gasteiger partial charge in [-0.1, -0.05) is 12.1 Å². The van der Waals surface area contributed by atoms with E-state index >= 15 is 0 Å². The molecule has 0 saturated heterocycles. The zero-order valence-corrected chi connectivity index (χ0v) is 12.7. The summed E-state index contributed by atoms with van der Waals surface area (Å²) >= 11 is 0. The van der Waals surface area contributed by atoms with E-state index in [1.807, 2.05) is 19.9 Å². The third kappa shape index (κ3) is 2.68. The maximum Gasteiger partial charge on any atom is 0.158 e. The first-order valence-corrected chi connectivity index (χ1v) is 7.35. The Kier molecular flexibility index (Phi) is 3.83. The second-order valence-corrected chi connectivity index (χ2v) is 5.91. The second-order valence-electron chi connectivity index (χ2n) is 5.91. The molecule has 2 unspecified atom stereocenters. The summed E-state index contributed by atoms with van der Waals surface area (Å²) in [4.78, 5) is 8.42. The number of hydrogen-bond donors (Lipinski definition) is 1. The summed E-state index contributed by atoms with van der Waals surface area (Å²) in [7, 11) is 0. The Bertz CT molecular complexity index is 692. The predicted molar refractivity (Wildman–Crippen MR) is 80.3 cm³/mol. The SMILES string of the molecule is Cc1ncc(OCC2(c3cccc(F)c3)CC2CO)c(C)n1. The third-order valence-electron chi connectivity index (χ3n) is 4.39. The Hall–Kier alpha value is -2.01. The van der Waals surface area contributed by atoms with Gasteiger partial charge in [-0.05, 0) is 43.9 Å². The van der Waals surface area contributed by atoms with Crippen LogP contribution in [0.15, 0.2) is 30.5 Å². The number of hydrogen-bond acceptors (Lipinski definition) is 4. The Balaban J connectivity index is 1.81. The molecule has 1 N–H and O–H groups in total. The largest absolute Gasteiger partial charge is 0.489 e. The van der Waals surface area contributed by atoms with Crippen LogP contribution in [0.3, 0.4) is 0 Å². The molecule has 4 nitrogen and oxygen atoms in total. The molecule has 22 heavy (non-hydrogen) atoms. The fourth-order valence-corrected chi connectivity index (χ4v) is 2.95. The molecule has 0 aliphatic heterocycles. The van der Waals surface area contributed by atoms with Crippen molar-refractivity contribution in [3.63, 3.8) is 0 Å². The average Bonchev–Trinajstić information content (AvgIpc) is 3.21. The van der Waals surface area contributed by atoms with E-state index in [0.29, 0.717) is 18.2 Å². The predicted octanol–water partition coefficient (Wildman–Crippen LogP) is 2.56. The van der Waals surface area contributed by atoms with E-state index in [2.05, 4.69) is 9.97 Å². The maximum absolute atomic E-state index is 13.5. The van der Waals surface area contributed by atoms with Crippen molar-refractivity contribution in [2.24, 2.45) is 5.92 Å². The van der Waals surface area contributed by atoms with Gasteiger partial charge in [-0.25, -0.2) is 14.4 Å². The normalized spacial score (nSPS) is 23.4. The highest BCUT2D eigenvalue weighted by atomic mass is 19.1. The van der Waals surface area contributed by atoms with Gasteiger partial charge >= 0.3 is 0 Å². The number of halogens is 1. The molecule has 1 aliphatic carbocycles. The molecule has 3 rings (SSSR count). The molecule has 0 radical (unpaired) electrons. The van der Waals surface area contributed by atoms with Crippen LogP contribution in [-0.4, -0.2) is 28.3 Å². The number of rotatable bonds is 5. The van der Waals surface area contributed by atoms with Crippen LogP contribution in [-0.2, 0) is 5.41 Å². The molecule has 2 atom stereocenters. The molecule has 1 fully saturated rings. The van der Waals surface area contributed by atoms with Gasteiger partial charge in [-0.2, -0.15) is 0 Å². The molecule has 116 valence electrons. The van der Waals surface area contributed by atoms with Crippen LogP contribution in [0.4, 0.5) is 4.39 Å². The van der Waals surface area contributed by atoms with Crippen molar-refractivity contribution >= 4 is 0 Å². The molecule has 0 bridgehead atoms. The van der Waals surface area contributed by atoms with Gasteiger partial charge in [-0.15, -0.1) is 0 Å². The van der Waals surface area contributed by atoms with Crippen molar-refractivity contribution in [1.82, 2.24) is 9.97 Å². The number of benzene rings is 1. The van der Waals surface area contributed by atoms with Crippen LogP contribution in [0.25, 0.3) is 0 Å². The molecular weight excluding hydrogens is 283 g/mol. The summed E-state index contributed by atoms with van der Waals surface area (Å²) in [5.74, 6) is 1.16. The van der Waals surface area contributed by atoms with Crippen molar-refractivity contribution in [2.75, 3.05) is 13.2 Å². The van der Waals surface area contributed by atoms with Crippen LogP contribution in [0.1, 0.15) is 23.5 Å². The molecule has 5 heteroatoms. The lowest BCUT2D eigenvalue weighted by Crippen LogP contribution is -2.22. The van der Waals surface area contributed by atoms with E-state index in [1.165, 1.54) is 12.1 Å². The van der Waals surface area contributed by atoms with Gasteiger partial charge in [0.1, 0.15) is 11.6 Å². The quantitative estimate of drug-likeness (QED) is 0.922. The fraction of sp³-hybridized carbons (Fsp3) is 0.412. The summed E-state index contributed by atoms with van der Waals surface area (Å²) in [5.41, 5.74) is 1.33. The van der Waals surface area contributed by atoms with Crippen molar-refractivity contribution in [2.45, 2.75) is 25.7 Å². The molecule has 0 amide bonds. The molecule has 1 aliphatic rings. The highest BCUT2D eigenvalue weighted by molar-refractivity contribution is 5.35. The molecule has 1 aromatic heterocycles. The van der Waals surface area contributed by atoms with Crippen molar-refractivity contribution < 1.29 is 14.2 Å². The van der Waals surface area contributed by atoms with Crippen molar-refractivity contribution in [3.05, 3.63) is 53.4 Å². The van der Waals surface area contributed by atoms with Gasteiger partial charge in [0.25, 0.3) is 0 Å². The van der Waals surface area contributed by atoms with Gasteiger partial charge in [0.15, 0.2) is 5.75 Å². The Morgan fingerprint density at radius 2 is 2.23 bits per heavy atom. The van der Waals surface area contributed by atoms with E-state index in [4.69, 9.17) is 4.74 Å². The zero-order chi connectivity index (χ0) is 15.7. The van der Waals surface area contributed by atoms with E-state index < -0.39 is 0 Å². The first-order valence-electron chi connectivity index (χ1n) is 7.35. The van der Waals surface area contributed by atoms with E-state index in [9.17, 15) is 9.50 Å². The van der Waals surface area contributed by atoms with E-state index in [0.717, 1.165) is 17.7 Å². The number of nitrogens with zero attached hydrogens (tertiary/aromatic N) is 2. The van der Waals surface area contributed by atoms with Gasteiger partial charge < -0.3 is 9.84 Å². The molecule has 2 aromatic rings. The lowest BCUT2D eigenvalue weighted by Gasteiger charge is -2.19. The molecule has 1 heterocycles. The van der Waals surface area contributed by atoms with Gasteiger partial charge in [0, 0.05) is 12.0 Å². The monoisotopic (exact) mass is 302 g/mol. The fourth-order valence-electron chi connectivity index (χ4n) is 2.95. The van der Waals surface area contributed by atoms with Gasteiger partial charge in [0.2, 0.25) is 0 Å². The number of aliphatic hydroxyl groups excluding tert-OH is 1. The second kappa shape index (κ2) is 5.65. The molecular formula is C17H19FN2O2. The average molecular weight is 302 g/mol. The smallest absolute Gasteiger partial charge is 0.158 e. The Morgan fingerprint density at radius 3 is 2.86 bits per heavy atom.